The number of benzene rings is 2. The van der Waals surface area contributed by atoms with Gasteiger partial charge in [0.15, 0.2) is 0 Å². The number of pyridine rings is 1. The van der Waals surface area contributed by atoms with Crippen LogP contribution in [0.25, 0.3) is 11.0 Å². The van der Waals surface area contributed by atoms with Crippen molar-refractivity contribution in [3.05, 3.63) is 88.6 Å². The summed E-state index contributed by atoms with van der Waals surface area (Å²) in [7, 11) is 0. The van der Waals surface area contributed by atoms with Gasteiger partial charge in [-0.05, 0) is 67.3 Å². The second-order valence-electron chi connectivity index (χ2n) is 6.64. The van der Waals surface area contributed by atoms with E-state index in [2.05, 4.69) is 15.3 Å². The Morgan fingerprint density at radius 1 is 1.13 bits per heavy atom. The molecule has 0 spiro atoms. The number of carbonyl (C=O) groups is 1. The summed E-state index contributed by atoms with van der Waals surface area (Å²) < 4.78 is 5.99. The molecule has 0 radical (unpaired) electrons. The molecule has 0 bridgehead atoms. The predicted molar refractivity (Wildman–Crippen MR) is 122 cm³/mol. The molecule has 0 fully saturated rings. The maximum Gasteiger partial charge on any atom is 0.262 e. The van der Waals surface area contributed by atoms with Crippen LogP contribution in [0.3, 0.4) is 0 Å². The molecule has 30 heavy (non-hydrogen) atoms. The van der Waals surface area contributed by atoms with Gasteiger partial charge in [0.2, 0.25) is 5.55 Å². The molecule has 0 saturated heterocycles. The van der Waals surface area contributed by atoms with Gasteiger partial charge in [0.05, 0.1) is 5.69 Å². The Kier molecular flexibility index (Phi) is 5.88. The highest BCUT2D eigenvalue weighted by Crippen LogP contribution is 2.22. The maximum absolute atomic E-state index is 13.1. The number of halogens is 1. The lowest BCUT2D eigenvalue weighted by atomic mass is 10.1. The number of aryl methyl sites for hydroxylation is 1. The molecule has 4 aromatic rings. The number of amides is 1. The Morgan fingerprint density at radius 2 is 2.00 bits per heavy atom. The second-order valence-corrected chi connectivity index (χ2v) is 7.95. The third-order valence-electron chi connectivity index (χ3n) is 4.39. The summed E-state index contributed by atoms with van der Waals surface area (Å²) in [4.78, 5) is 23.0. The fourth-order valence-electron chi connectivity index (χ4n) is 2.87. The zero-order valence-corrected chi connectivity index (χ0v) is 17.9. The molecule has 0 aliphatic rings. The molecule has 150 valence electrons. The summed E-state index contributed by atoms with van der Waals surface area (Å²) in [5.41, 5.74) is 2.80. The summed E-state index contributed by atoms with van der Waals surface area (Å²) in [6.45, 7) is 1.93. The van der Waals surface area contributed by atoms with E-state index < -0.39 is 0 Å². The largest absolute Gasteiger partial charge is 0.438 e. The Balaban J connectivity index is 1.84. The quantitative estimate of drug-likeness (QED) is 0.399. The third-order valence-corrected chi connectivity index (χ3v) is 5.35. The molecular weight excluding hydrogens is 418 g/mol. The summed E-state index contributed by atoms with van der Waals surface area (Å²) in [5, 5.41) is 4.07. The highest BCUT2D eigenvalue weighted by Gasteiger charge is 2.14. The number of hydrogen-bond acceptors (Lipinski definition) is 5. The van der Waals surface area contributed by atoms with Crippen molar-refractivity contribution >= 4 is 51.7 Å². The van der Waals surface area contributed by atoms with Gasteiger partial charge in [-0.15, -0.1) is 11.8 Å². The van der Waals surface area contributed by atoms with Crippen LogP contribution in [0.5, 0.6) is 0 Å². The van der Waals surface area contributed by atoms with Crippen molar-refractivity contribution in [1.29, 1.82) is 0 Å². The molecule has 5 nitrogen and oxygen atoms in total. The molecule has 0 aliphatic heterocycles. The van der Waals surface area contributed by atoms with Gasteiger partial charge in [0, 0.05) is 21.5 Å². The van der Waals surface area contributed by atoms with E-state index in [1.807, 2.05) is 43.5 Å². The fraction of sp³-hybridized carbons (Fsp3) is 0.0870. The SMILES string of the molecule is CSc1cccc(N=c2oc3ccc(Cl)cc3cc2C(=O)Nc2ccc(C)cn2)c1. The molecule has 4 rings (SSSR count). The van der Waals surface area contributed by atoms with Crippen molar-refractivity contribution in [2.75, 3.05) is 11.6 Å². The molecule has 7 heteroatoms. The third kappa shape index (κ3) is 4.56. The standard InChI is InChI=1S/C23H18ClN3O2S/c1-14-6-9-21(25-13-14)27-22(28)19-11-15-10-16(24)7-8-20(15)29-23(19)26-17-4-3-5-18(12-17)30-2/h3-13H,1-2H3,(H,25,27,28). The Hall–Kier alpha value is -3.09. The summed E-state index contributed by atoms with van der Waals surface area (Å²) in [5.74, 6) is 0.0869. The fourth-order valence-corrected chi connectivity index (χ4v) is 3.50. The average Bonchev–Trinajstić information content (AvgIpc) is 2.75. The number of carbonyl (C=O) groups excluding carboxylic acids is 1. The molecule has 2 heterocycles. The van der Waals surface area contributed by atoms with Crippen LogP contribution in [0.2, 0.25) is 5.02 Å². The molecule has 1 N–H and O–H groups in total. The summed E-state index contributed by atoms with van der Waals surface area (Å²) in [6, 6.07) is 18.3. The van der Waals surface area contributed by atoms with E-state index >= 15 is 0 Å². The van der Waals surface area contributed by atoms with Gasteiger partial charge in [0.1, 0.15) is 17.0 Å². The average molecular weight is 436 g/mol. The van der Waals surface area contributed by atoms with E-state index in [9.17, 15) is 4.79 Å². The molecule has 2 aromatic carbocycles. The number of fused-ring (bicyclic) bond motifs is 1. The molecule has 2 aromatic heterocycles. The first-order valence-corrected chi connectivity index (χ1v) is 10.8. The first-order chi connectivity index (χ1) is 14.5. The molecule has 1 amide bonds. The monoisotopic (exact) mass is 435 g/mol. The Labute approximate surface area is 182 Å². The van der Waals surface area contributed by atoms with Crippen molar-refractivity contribution in [1.82, 2.24) is 4.98 Å². The van der Waals surface area contributed by atoms with Crippen LogP contribution in [0.4, 0.5) is 11.5 Å². The van der Waals surface area contributed by atoms with E-state index in [0.29, 0.717) is 33.1 Å². The minimum absolute atomic E-state index is 0.215. The number of nitrogens with one attached hydrogen (secondary N) is 1. The minimum atomic E-state index is -0.364. The van der Waals surface area contributed by atoms with E-state index in [0.717, 1.165) is 10.5 Å². The van der Waals surface area contributed by atoms with Crippen LogP contribution in [0.15, 0.2) is 81.2 Å². The van der Waals surface area contributed by atoms with E-state index in [4.69, 9.17) is 16.0 Å². The van der Waals surface area contributed by atoms with Gasteiger partial charge in [-0.2, -0.15) is 0 Å². The summed E-state index contributed by atoms with van der Waals surface area (Å²) >= 11 is 7.74. The van der Waals surface area contributed by atoms with Crippen molar-refractivity contribution in [2.45, 2.75) is 11.8 Å². The highest BCUT2D eigenvalue weighted by molar-refractivity contribution is 7.98. The molecule has 0 unspecified atom stereocenters. The van der Waals surface area contributed by atoms with Crippen molar-refractivity contribution < 1.29 is 9.21 Å². The lowest BCUT2D eigenvalue weighted by Crippen LogP contribution is -2.22. The number of aromatic nitrogens is 1. The number of thioether (sulfide) groups is 1. The minimum Gasteiger partial charge on any atom is -0.438 e. The molecule has 0 saturated carbocycles. The van der Waals surface area contributed by atoms with Gasteiger partial charge in [-0.3, -0.25) is 4.79 Å². The Bertz CT molecular complexity index is 1300. The lowest BCUT2D eigenvalue weighted by Gasteiger charge is -2.07. The molecule has 0 aliphatic carbocycles. The predicted octanol–water partition coefficient (Wildman–Crippen LogP) is 6.00. The van der Waals surface area contributed by atoms with Crippen LogP contribution in [0.1, 0.15) is 15.9 Å². The number of rotatable bonds is 4. The van der Waals surface area contributed by atoms with Crippen molar-refractivity contribution in [2.24, 2.45) is 4.99 Å². The lowest BCUT2D eigenvalue weighted by molar-refractivity contribution is 0.102. The van der Waals surface area contributed by atoms with Crippen LogP contribution in [-0.4, -0.2) is 17.1 Å². The zero-order chi connectivity index (χ0) is 21.1. The highest BCUT2D eigenvalue weighted by atomic mass is 35.5. The smallest absolute Gasteiger partial charge is 0.262 e. The Morgan fingerprint density at radius 3 is 2.77 bits per heavy atom. The molecular formula is C23H18ClN3O2S. The summed E-state index contributed by atoms with van der Waals surface area (Å²) in [6.07, 6.45) is 3.69. The van der Waals surface area contributed by atoms with E-state index in [1.54, 1.807) is 48.3 Å². The maximum atomic E-state index is 13.1. The second kappa shape index (κ2) is 8.73. The van der Waals surface area contributed by atoms with Gasteiger partial charge in [0.25, 0.3) is 5.91 Å². The van der Waals surface area contributed by atoms with Crippen molar-refractivity contribution in [3.8, 4) is 0 Å². The van der Waals surface area contributed by atoms with Gasteiger partial charge >= 0.3 is 0 Å². The van der Waals surface area contributed by atoms with E-state index in [1.165, 1.54) is 0 Å². The number of nitrogens with zero attached hydrogens (tertiary/aromatic N) is 2. The first-order valence-electron chi connectivity index (χ1n) is 9.18. The molecule has 0 atom stereocenters. The van der Waals surface area contributed by atoms with Crippen LogP contribution < -0.4 is 10.9 Å². The van der Waals surface area contributed by atoms with Crippen LogP contribution in [0, 0.1) is 6.92 Å². The van der Waals surface area contributed by atoms with Crippen LogP contribution >= 0.6 is 23.4 Å². The van der Waals surface area contributed by atoms with Gasteiger partial charge < -0.3 is 9.73 Å². The zero-order valence-electron chi connectivity index (χ0n) is 16.3. The van der Waals surface area contributed by atoms with Crippen molar-refractivity contribution in [3.63, 3.8) is 0 Å². The number of hydrogen-bond donors (Lipinski definition) is 1. The number of anilines is 1. The van der Waals surface area contributed by atoms with Gasteiger partial charge in [-0.1, -0.05) is 23.7 Å². The van der Waals surface area contributed by atoms with E-state index in [-0.39, 0.29) is 11.5 Å². The van der Waals surface area contributed by atoms with Gasteiger partial charge in [-0.25, -0.2) is 9.98 Å². The first kappa shape index (κ1) is 20.2. The topological polar surface area (TPSA) is 67.5 Å². The van der Waals surface area contributed by atoms with Crippen LogP contribution in [-0.2, 0) is 0 Å². The normalized spacial score (nSPS) is 11.6.